The van der Waals surface area contributed by atoms with Crippen LogP contribution in [0.25, 0.3) is 11.5 Å². The number of methoxy groups -OCH3 is 2. The van der Waals surface area contributed by atoms with Crippen LogP contribution in [0.3, 0.4) is 0 Å². The first-order valence-electron chi connectivity index (χ1n) is 11.9. The van der Waals surface area contributed by atoms with E-state index in [0.717, 1.165) is 31.5 Å². The highest BCUT2D eigenvalue weighted by Gasteiger charge is 2.19. The Morgan fingerprint density at radius 2 is 1.81 bits per heavy atom. The van der Waals surface area contributed by atoms with Gasteiger partial charge in [-0.15, -0.1) is 0 Å². The molecule has 10 heteroatoms. The minimum atomic E-state index is -0.306. The summed E-state index contributed by atoms with van der Waals surface area (Å²) >= 11 is 0. The number of carbonyl (C=O) groups excluding carboxylic acids is 2. The summed E-state index contributed by atoms with van der Waals surface area (Å²) in [4.78, 5) is 33.2. The molecule has 0 unspecified atom stereocenters. The number of piperidine rings is 1. The summed E-state index contributed by atoms with van der Waals surface area (Å²) < 4.78 is 15.9. The minimum absolute atomic E-state index is 0.0559. The first kappa shape index (κ1) is 25.0. The predicted molar refractivity (Wildman–Crippen MR) is 134 cm³/mol. The molecule has 3 aromatic rings. The van der Waals surface area contributed by atoms with Gasteiger partial charge in [0.1, 0.15) is 11.5 Å². The summed E-state index contributed by atoms with van der Waals surface area (Å²) in [5.74, 6) is 2.05. The molecule has 0 saturated carbocycles. The van der Waals surface area contributed by atoms with E-state index in [4.69, 9.17) is 14.0 Å². The quantitative estimate of drug-likeness (QED) is 0.503. The number of likely N-dealkylation sites (tertiary alicyclic amines) is 1. The van der Waals surface area contributed by atoms with Crippen LogP contribution < -0.4 is 14.8 Å². The number of rotatable bonds is 8. The van der Waals surface area contributed by atoms with E-state index >= 15 is 0 Å². The Labute approximate surface area is 210 Å². The van der Waals surface area contributed by atoms with Gasteiger partial charge in [0.2, 0.25) is 0 Å². The molecule has 4 rings (SSSR count). The van der Waals surface area contributed by atoms with E-state index in [1.165, 1.54) is 18.4 Å². The Balaban J connectivity index is 1.32. The molecule has 0 aliphatic carbocycles. The van der Waals surface area contributed by atoms with Gasteiger partial charge in [0.05, 0.1) is 19.9 Å². The maximum atomic E-state index is 12.7. The van der Waals surface area contributed by atoms with Crippen molar-refractivity contribution in [2.75, 3.05) is 46.2 Å². The Morgan fingerprint density at radius 3 is 2.50 bits per heavy atom. The van der Waals surface area contributed by atoms with Crippen LogP contribution in [0.5, 0.6) is 11.5 Å². The van der Waals surface area contributed by atoms with Gasteiger partial charge in [0.15, 0.2) is 5.82 Å². The number of ether oxygens (including phenoxy) is 2. The third-order valence-corrected chi connectivity index (χ3v) is 6.16. The lowest BCUT2D eigenvalue weighted by Crippen LogP contribution is -2.35. The van der Waals surface area contributed by atoms with Crippen LogP contribution in [0.2, 0.25) is 0 Å². The number of carbonyl (C=O) groups is 2. The molecule has 0 bridgehead atoms. The van der Waals surface area contributed by atoms with E-state index in [0.29, 0.717) is 47.4 Å². The summed E-state index contributed by atoms with van der Waals surface area (Å²) in [5.41, 5.74) is 1.90. The molecule has 1 saturated heterocycles. The lowest BCUT2D eigenvalue weighted by Gasteiger charge is -2.26. The molecule has 2 heterocycles. The number of benzene rings is 2. The van der Waals surface area contributed by atoms with Crippen LogP contribution in [-0.2, 0) is 6.42 Å². The average Bonchev–Trinajstić information content (AvgIpc) is 3.41. The standard InChI is InChI=1S/C26H31N5O5/c1-30(26(33)27-21-17-20(34-2)11-12-22(21)35-3)16-13-23-28-24(36-29-23)18-7-9-19(10-8-18)25(32)31-14-5-4-6-15-31/h7-12,17H,4-6,13-16H2,1-3H3,(H,27,33). The zero-order valence-corrected chi connectivity index (χ0v) is 20.8. The highest BCUT2D eigenvalue weighted by atomic mass is 16.5. The summed E-state index contributed by atoms with van der Waals surface area (Å²) in [6.45, 7) is 2.00. The number of hydrogen-bond acceptors (Lipinski definition) is 7. The van der Waals surface area contributed by atoms with Crippen LogP contribution in [0.1, 0.15) is 35.4 Å². The molecule has 36 heavy (non-hydrogen) atoms. The molecule has 2 aromatic carbocycles. The number of amides is 3. The van der Waals surface area contributed by atoms with Crippen molar-refractivity contribution in [3.8, 4) is 23.0 Å². The Kier molecular flexibility index (Phi) is 8.04. The van der Waals surface area contributed by atoms with Gasteiger partial charge >= 0.3 is 6.03 Å². The van der Waals surface area contributed by atoms with Crippen molar-refractivity contribution in [2.24, 2.45) is 0 Å². The van der Waals surface area contributed by atoms with Crippen LogP contribution >= 0.6 is 0 Å². The molecule has 1 fully saturated rings. The Hall–Kier alpha value is -4.08. The number of hydrogen-bond donors (Lipinski definition) is 1. The van der Waals surface area contributed by atoms with Crippen LogP contribution in [-0.4, -0.2) is 72.8 Å². The Bertz CT molecular complexity index is 1190. The summed E-state index contributed by atoms with van der Waals surface area (Å²) in [6, 6.07) is 12.1. The van der Waals surface area contributed by atoms with E-state index in [-0.39, 0.29) is 11.9 Å². The fourth-order valence-electron chi connectivity index (χ4n) is 4.00. The first-order valence-corrected chi connectivity index (χ1v) is 11.9. The number of aromatic nitrogens is 2. The molecule has 10 nitrogen and oxygen atoms in total. The van der Waals surface area contributed by atoms with Gasteiger partial charge in [0, 0.05) is 50.3 Å². The largest absolute Gasteiger partial charge is 0.497 e. The third-order valence-electron chi connectivity index (χ3n) is 6.16. The lowest BCUT2D eigenvalue weighted by atomic mass is 10.1. The fourth-order valence-corrected chi connectivity index (χ4v) is 4.00. The van der Waals surface area contributed by atoms with Crippen molar-refractivity contribution >= 4 is 17.6 Å². The molecule has 0 atom stereocenters. The molecule has 1 aromatic heterocycles. The van der Waals surface area contributed by atoms with Gasteiger partial charge < -0.3 is 29.1 Å². The molecule has 3 amide bonds. The summed E-state index contributed by atoms with van der Waals surface area (Å²) in [5, 5.41) is 6.86. The molecular formula is C26H31N5O5. The van der Waals surface area contributed by atoms with Gasteiger partial charge in [-0.25, -0.2) is 4.79 Å². The maximum Gasteiger partial charge on any atom is 0.321 e. The second-order valence-electron chi connectivity index (χ2n) is 8.61. The SMILES string of the molecule is COc1ccc(OC)c(NC(=O)N(C)CCc2noc(-c3ccc(C(=O)N4CCCCC4)cc3)n2)c1. The van der Waals surface area contributed by atoms with E-state index in [1.807, 2.05) is 17.0 Å². The van der Waals surface area contributed by atoms with Crippen molar-refractivity contribution in [2.45, 2.75) is 25.7 Å². The molecule has 1 aliphatic heterocycles. The third kappa shape index (κ3) is 5.94. The van der Waals surface area contributed by atoms with E-state index in [2.05, 4.69) is 15.5 Å². The van der Waals surface area contributed by atoms with E-state index in [1.54, 1.807) is 44.5 Å². The topological polar surface area (TPSA) is 110 Å². The Morgan fingerprint density at radius 1 is 1.06 bits per heavy atom. The van der Waals surface area contributed by atoms with Crippen molar-refractivity contribution in [1.29, 1.82) is 0 Å². The zero-order chi connectivity index (χ0) is 25.5. The van der Waals surface area contributed by atoms with Crippen molar-refractivity contribution < 1.29 is 23.6 Å². The van der Waals surface area contributed by atoms with Gasteiger partial charge in [-0.2, -0.15) is 4.98 Å². The zero-order valence-electron chi connectivity index (χ0n) is 20.8. The number of urea groups is 1. The highest BCUT2D eigenvalue weighted by Crippen LogP contribution is 2.29. The van der Waals surface area contributed by atoms with E-state index in [9.17, 15) is 9.59 Å². The lowest BCUT2D eigenvalue weighted by molar-refractivity contribution is 0.0724. The predicted octanol–water partition coefficient (Wildman–Crippen LogP) is 4.09. The average molecular weight is 494 g/mol. The van der Waals surface area contributed by atoms with Crippen LogP contribution in [0.4, 0.5) is 10.5 Å². The number of nitrogens with zero attached hydrogens (tertiary/aromatic N) is 4. The molecule has 1 N–H and O–H groups in total. The normalized spacial score (nSPS) is 13.2. The molecule has 190 valence electrons. The smallest absolute Gasteiger partial charge is 0.321 e. The van der Waals surface area contributed by atoms with Gasteiger partial charge in [0.25, 0.3) is 11.8 Å². The van der Waals surface area contributed by atoms with Crippen molar-refractivity contribution in [3.63, 3.8) is 0 Å². The van der Waals surface area contributed by atoms with Gasteiger partial charge in [-0.1, -0.05) is 5.16 Å². The number of nitrogens with one attached hydrogen (secondary N) is 1. The summed E-state index contributed by atoms with van der Waals surface area (Å²) in [6.07, 6.45) is 3.70. The molecule has 0 spiro atoms. The minimum Gasteiger partial charge on any atom is -0.497 e. The monoisotopic (exact) mass is 493 g/mol. The number of anilines is 1. The van der Waals surface area contributed by atoms with Gasteiger partial charge in [-0.3, -0.25) is 4.79 Å². The molecular weight excluding hydrogens is 462 g/mol. The highest BCUT2D eigenvalue weighted by molar-refractivity contribution is 5.94. The summed E-state index contributed by atoms with van der Waals surface area (Å²) in [7, 11) is 4.78. The fraction of sp³-hybridized carbons (Fsp3) is 0.385. The second kappa shape index (κ2) is 11.6. The van der Waals surface area contributed by atoms with Gasteiger partial charge in [-0.05, 0) is 55.7 Å². The number of likely N-dealkylation sites (N-methyl/N-ethyl adjacent to an activating group) is 1. The second-order valence-corrected chi connectivity index (χ2v) is 8.61. The van der Waals surface area contributed by atoms with Crippen LogP contribution in [0, 0.1) is 0 Å². The maximum absolute atomic E-state index is 12.7. The first-order chi connectivity index (χ1) is 17.5. The molecule has 1 aliphatic rings. The van der Waals surface area contributed by atoms with E-state index < -0.39 is 0 Å². The van der Waals surface area contributed by atoms with Crippen LogP contribution in [0.15, 0.2) is 47.0 Å². The van der Waals surface area contributed by atoms with Crippen molar-refractivity contribution in [1.82, 2.24) is 19.9 Å². The van der Waals surface area contributed by atoms with Crippen molar-refractivity contribution in [3.05, 3.63) is 53.9 Å². The molecule has 0 radical (unpaired) electrons.